The molecule has 1 N–H and O–H groups in total. The smallest absolute Gasteiger partial charge is 0.307 e. The first-order valence-electron chi connectivity index (χ1n) is 8.60. The number of aliphatic carboxylic acids is 1. The average Bonchev–Trinajstić information content (AvgIpc) is 2.68. The van der Waals surface area contributed by atoms with E-state index < -0.39 is 12.1 Å². The van der Waals surface area contributed by atoms with Crippen LogP contribution < -0.4 is 4.74 Å². The minimum atomic E-state index is -0.908. The van der Waals surface area contributed by atoms with Crippen molar-refractivity contribution >= 4 is 11.9 Å². The van der Waals surface area contributed by atoms with Crippen LogP contribution in [0.4, 0.5) is 0 Å². The Balaban J connectivity index is 1.70. The number of benzene rings is 2. The molecule has 5 heteroatoms. The first-order valence-corrected chi connectivity index (χ1v) is 8.60. The molecule has 0 saturated carbocycles. The van der Waals surface area contributed by atoms with E-state index in [1.165, 1.54) is 0 Å². The third-order valence-electron chi connectivity index (χ3n) is 4.35. The number of amides is 1. The van der Waals surface area contributed by atoms with Crippen molar-refractivity contribution in [2.75, 3.05) is 13.1 Å². The topological polar surface area (TPSA) is 66.8 Å². The maximum Gasteiger partial charge on any atom is 0.307 e. The standard InChI is InChI=1S/C21H21NO4/c23-20(24)15-19(26-18-9-5-2-6-10-18)16-11-13-22(14-12-16)21(25)17-7-3-1-4-8-17/h1-11,19H,12-15H2,(H,23,24). The Morgan fingerprint density at radius 2 is 1.69 bits per heavy atom. The van der Waals surface area contributed by atoms with Crippen molar-refractivity contribution in [2.45, 2.75) is 18.9 Å². The summed E-state index contributed by atoms with van der Waals surface area (Å²) in [4.78, 5) is 25.5. The zero-order valence-corrected chi connectivity index (χ0v) is 14.4. The summed E-state index contributed by atoms with van der Waals surface area (Å²) in [6, 6.07) is 18.4. The molecule has 26 heavy (non-hydrogen) atoms. The van der Waals surface area contributed by atoms with Crippen LogP contribution in [0, 0.1) is 0 Å². The Morgan fingerprint density at radius 1 is 1.04 bits per heavy atom. The lowest BCUT2D eigenvalue weighted by Crippen LogP contribution is -2.37. The monoisotopic (exact) mass is 351 g/mol. The predicted octanol–water partition coefficient (Wildman–Crippen LogP) is 3.38. The van der Waals surface area contributed by atoms with Gasteiger partial charge in [0.2, 0.25) is 0 Å². The summed E-state index contributed by atoms with van der Waals surface area (Å²) in [5.41, 5.74) is 1.58. The van der Waals surface area contributed by atoms with Gasteiger partial charge in [-0.15, -0.1) is 0 Å². The fourth-order valence-corrected chi connectivity index (χ4v) is 3.00. The number of carboxylic acids is 1. The number of nitrogens with zero attached hydrogens (tertiary/aromatic N) is 1. The van der Waals surface area contributed by atoms with E-state index in [1.54, 1.807) is 17.0 Å². The molecule has 2 aromatic carbocycles. The van der Waals surface area contributed by atoms with Gasteiger partial charge in [-0.05, 0) is 36.3 Å². The lowest BCUT2D eigenvalue weighted by Gasteiger charge is -2.30. The predicted molar refractivity (Wildman–Crippen MR) is 98.2 cm³/mol. The minimum absolute atomic E-state index is 0.0142. The Bertz CT molecular complexity index is 786. The van der Waals surface area contributed by atoms with Gasteiger partial charge in [-0.3, -0.25) is 9.59 Å². The summed E-state index contributed by atoms with van der Waals surface area (Å²) in [6.45, 7) is 1.01. The van der Waals surface area contributed by atoms with Crippen molar-refractivity contribution in [3.8, 4) is 5.75 Å². The summed E-state index contributed by atoms with van der Waals surface area (Å²) in [7, 11) is 0. The van der Waals surface area contributed by atoms with Gasteiger partial charge in [0, 0.05) is 18.7 Å². The van der Waals surface area contributed by atoms with Gasteiger partial charge in [0.05, 0.1) is 6.42 Å². The van der Waals surface area contributed by atoms with Crippen molar-refractivity contribution < 1.29 is 19.4 Å². The normalized spacial score (nSPS) is 15.1. The van der Waals surface area contributed by atoms with Crippen LogP contribution in [0.25, 0.3) is 0 Å². The average molecular weight is 351 g/mol. The van der Waals surface area contributed by atoms with Crippen LogP contribution in [0.5, 0.6) is 5.75 Å². The van der Waals surface area contributed by atoms with Crippen molar-refractivity contribution in [3.05, 3.63) is 77.9 Å². The molecule has 3 rings (SSSR count). The molecule has 1 atom stereocenters. The first kappa shape index (κ1) is 17.7. The summed E-state index contributed by atoms with van der Waals surface area (Å²) in [5, 5.41) is 9.21. The molecule has 0 aromatic heterocycles. The minimum Gasteiger partial charge on any atom is -0.485 e. The molecule has 5 nitrogen and oxygen atoms in total. The Hall–Kier alpha value is -3.08. The highest BCUT2D eigenvalue weighted by atomic mass is 16.5. The first-order chi connectivity index (χ1) is 12.6. The third-order valence-corrected chi connectivity index (χ3v) is 4.35. The molecule has 1 aliphatic heterocycles. The number of hydrogen-bond acceptors (Lipinski definition) is 3. The molecule has 0 bridgehead atoms. The van der Waals surface area contributed by atoms with Gasteiger partial charge >= 0.3 is 5.97 Å². The highest BCUT2D eigenvalue weighted by Gasteiger charge is 2.25. The number of para-hydroxylation sites is 1. The number of rotatable bonds is 6. The van der Waals surface area contributed by atoms with E-state index in [0.717, 1.165) is 5.57 Å². The maximum atomic E-state index is 12.5. The number of carboxylic acid groups (broad SMARTS) is 1. The van der Waals surface area contributed by atoms with E-state index >= 15 is 0 Å². The van der Waals surface area contributed by atoms with Gasteiger partial charge in [0.15, 0.2) is 0 Å². The second-order valence-corrected chi connectivity index (χ2v) is 6.16. The zero-order chi connectivity index (χ0) is 18.4. The molecular weight excluding hydrogens is 330 g/mol. The number of carbonyl (C=O) groups excluding carboxylic acids is 1. The van der Waals surface area contributed by atoms with Crippen molar-refractivity contribution in [2.24, 2.45) is 0 Å². The van der Waals surface area contributed by atoms with E-state index in [4.69, 9.17) is 4.74 Å². The Labute approximate surface area is 152 Å². The van der Waals surface area contributed by atoms with Gasteiger partial charge in [0.25, 0.3) is 5.91 Å². The molecule has 1 amide bonds. The third kappa shape index (κ3) is 4.51. The van der Waals surface area contributed by atoms with Crippen LogP contribution in [0.15, 0.2) is 72.3 Å². The van der Waals surface area contributed by atoms with Gasteiger partial charge in [-0.2, -0.15) is 0 Å². The molecule has 2 aromatic rings. The lowest BCUT2D eigenvalue weighted by molar-refractivity contribution is -0.138. The molecule has 0 spiro atoms. The molecule has 0 radical (unpaired) electrons. The fraction of sp³-hybridized carbons (Fsp3) is 0.238. The van der Waals surface area contributed by atoms with E-state index in [0.29, 0.717) is 30.8 Å². The number of carbonyl (C=O) groups is 2. The van der Waals surface area contributed by atoms with E-state index in [9.17, 15) is 14.7 Å². The van der Waals surface area contributed by atoms with Gasteiger partial charge in [-0.25, -0.2) is 0 Å². The lowest BCUT2D eigenvalue weighted by atomic mass is 9.99. The van der Waals surface area contributed by atoms with Crippen LogP contribution in [-0.4, -0.2) is 41.1 Å². The molecule has 0 aliphatic carbocycles. The fourth-order valence-electron chi connectivity index (χ4n) is 3.00. The molecule has 1 aliphatic rings. The summed E-state index contributed by atoms with van der Waals surface area (Å²) in [6.07, 6.45) is 1.89. The van der Waals surface area contributed by atoms with Gasteiger partial charge in [-0.1, -0.05) is 42.5 Å². The van der Waals surface area contributed by atoms with E-state index in [1.807, 2.05) is 54.6 Å². The summed E-state index contributed by atoms with van der Waals surface area (Å²) < 4.78 is 5.89. The van der Waals surface area contributed by atoms with Crippen LogP contribution in [0.3, 0.4) is 0 Å². The molecule has 1 unspecified atom stereocenters. The van der Waals surface area contributed by atoms with Crippen LogP contribution in [0.1, 0.15) is 23.2 Å². The highest BCUT2D eigenvalue weighted by Crippen LogP contribution is 2.23. The quantitative estimate of drug-likeness (QED) is 0.810. The van der Waals surface area contributed by atoms with Crippen molar-refractivity contribution in [1.29, 1.82) is 0 Å². The van der Waals surface area contributed by atoms with Crippen LogP contribution in [0.2, 0.25) is 0 Å². The van der Waals surface area contributed by atoms with Crippen LogP contribution in [-0.2, 0) is 4.79 Å². The Morgan fingerprint density at radius 3 is 2.27 bits per heavy atom. The van der Waals surface area contributed by atoms with Gasteiger partial charge < -0.3 is 14.7 Å². The number of hydrogen-bond donors (Lipinski definition) is 1. The zero-order valence-electron chi connectivity index (χ0n) is 14.4. The molecule has 0 saturated heterocycles. The largest absolute Gasteiger partial charge is 0.485 e. The summed E-state index contributed by atoms with van der Waals surface area (Å²) >= 11 is 0. The van der Waals surface area contributed by atoms with Gasteiger partial charge in [0.1, 0.15) is 11.9 Å². The maximum absolute atomic E-state index is 12.5. The highest BCUT2D eigenvalue weighted by molar-refractivity contribution is 5.94. The number of ether oxygens (including phenoxy) is 1. The Kier molecular flexibility index (Phi) is 5.69. The SMILES string of the molecule is O=C(O)CC(Oc1ccccc1)C1=CCN(C(=O)c2ccccc2)CC1. The second kappa shape index (κ2) is 8.34. The summed E-state index contributed by atoms with van der Waals surface area (Å²) in [5.74, 6) is -0.281. The van der Waals surface area contributed by atoms with E-state index in [-0.39, 0.29) is 12.3 Å². The van der Waals surface area contributed by atoms with Crippen molar-refractivity contribution in [1.82, 2.24) is 4.90 Å². The molecule has 134 valence electrons. The molecule has 0 fully saturated rings. The van der Waals surface area contributed by atoms with Crippen LogP contribution >= 0.6 is 0 Å². The molecule has 1 heterocycles. The molecular formula is C21H21NO4. The van der Waals surface area contributed by atoms with E-state index in [2.05, 4.69) is 0 Å². The van der Waals surface area contributed by atoms with Crippen molar-refractivity contribution in [3.63, 3.8) is 0 Å². The second-order valence-electron chi connectivity index (χ2n) is 6.16.